The number of morpholine rings is 1. The van der Waals surface area contributed by atoms with Crippen LogP contribution >= 0.6 is 0 Å². The molecule has 1 aromatic carbocycles. The molecule has 5 nitrogen and oxygen atoms in total. The first-order valence-electron chi connectivity index (χ1n) is 10.4. The maximum absolute atomic E-state index is 12.9. The maximum atomic E-state index is 12.9. The number of ether oxygens (including phenoxy) is 1. The molecule has 1 saturated carbocycles. The topological polar surface area (TPSA) is 49.9 Å². The fraction of sp³-hybridized carbons (Fsp3) is 0.636. The Labute approximate surface area is 161 Å². The summed E-state index contributed by atoms with van der Waals surface area (Å²) in [7, 11) is 0. The van der Waals surface area contributed by atoms with E-state index in [4.69, 9.17) is 4.74 Å². The number of hydrogen-bond acceptors (Lipinski definition) is 3. The average molecular weight is 370 g/mol. The number of piperidine rings is 1. The summed E-state index contributed by atoms with van der Waals surface area (Å²) in [6, 6.07) is 10.5. The van der Waals surface area contributed by atoms with E-state index in [0.29, 0.717) is 57.6 Å². The van der Waals surface area contributed by atoms with E-state index in [2.05, 4.69) is 24.3 Å². The third-order valence-corrected chi connectivity index (χ3v) is 6.33. The second-order valence-corrected chi connectivity index (χ2v) is 8.15. The lowest BCUT2D eigenvalue weighted by molar-refractivity contribution is -0.143. The summed E-state index contributed by atoms with van der Waals surface area (Å²) in [4.78, 5) is 29.5. The van der Waals surface area contributed by atoms with Gasteiger partial charge in [-0.1, -0.05) is 30.3 Å². The molecule has 3 fully saturated rings. The molecule has 2 saturated heterocycles. The van der Waals surface area contributed by atoms with Crippen LogP contribution in [-0.4, -0.2) is 61.0 Å². The van der Waals surface area contributed by atoms with E-state index in [-0.39, 0.29) is 17.7 Å². The number of carbonyl (C=O) groups is 2. The smallest absolute Gasteiger partial charge is 0.225 e. The summed E-state index contributed by atoms with van der Waals surface area (Å²) in [5.41, 5.74) is 1.30. The second kappa shape index (κ2) is 8.42. The molecule has 2 amide bonds. The van der Waals surface area contributed by atoms with Crippen LogP contribution in [0.5, 0.6) is 0 Å². The molecule has 1 unspecified atom stereocenters. The van der Waals surface area contributed by atoms with Gasteiger partial charge in [-0.15, -0.1) is 0 Å². The van der Waals surface area contributed by atoms with Crippen molar-refractivity contribution in [3.63, 3.8) is 0 Å². The van der Waals surface area contributed by atoms with E-state index in [9.17, 15) is 9.59 Å². The van der Waals surface area contributed by atoms with Gasteiger partial charge in [0.05, 0.1) is 13.2 Å². The van der Waals surface area contributed by atoms with Crippen LogP contribution in [0.25, 0.3) is 0 Å². The van der Waals surface area contributed by atoms with Crippen LogP contribution in [0, 0.1) is 11.8 Å². The van der Waals surface area contributed by atoms with E-state index < -0.39 is 0 Å². The highest BCUT2D eigenvalue weighted by Gasteiger charge is 2.36. The van der Waals surface area contributed by atoms with Gasteiger partial charge in [-0.3, -0.25) is 9.59 Å². The summed E-state index contributed by atoms with van der Waals surface area (Å²) in [6.45, 7) is 4.13. The zero-order valence-corrected chi connectivity index (χ0v) is 16.0. The first kappa shape index (κ1) is 18.5. The highest BCUT2D eigenvalue weighted by molar-refractivity contribution is 5.80. The van der Waals surface area contributed by atoms with Gasteiger partial charge >= 0.3 is 0 Å². The number of likely N-dealkylation sites (tertiary alicyclic amines) is 1. The first-order chi connectivity index (χ1) is 13.2. The van der Waals surface area contributed by atoms with Crippen LogP contribution in [0.3, 0.4) is 0 Å². The molecule has 2 aliphatic heterocycles. The predicted octanol–water partition coefficient (Wildman–Crippen LogP) is 2.67. The Morgan fingerprint density at radius 2 is 1.59 bits per heavy atom. The maximum Gasteiger partial charge on any atom is 0.225 e. The molecule has 0 aromatic heterocycles. The summed E-state index contributed by atoms with van der Waals surface area (Å²) >= 11 is 0. The molecule has 0 spiro atoms. The number of amides is 2. The Kier molecular flexibility index (Phi) is 5.77. The van der Waals surface area contributed by atoms with Crippen LogP contribution in [0.15, 0.2) is 30.3 Å². The molecule has 146 valence electrons. The lowest BCUT2D eigenvalue weighted by Gasteiger charge is -2.36. The van der Waals surface area contributed by atoms with E-state index in [1.54, 1.807) is 0 Å². The predicted molar refractivity (Wildman–Crippen MR) is 103 cm³/mol. The molecular weight excluding hydrogens is 340 g/mol. The van der Waals surface area contributed by atoms with Crippen LogP contribution in [0.4, 0.5) is 0 Å². The van der Waals surface area contributed by atoms with Gasteiger partial charge in [-0.2, -0.15) is 0 Å². The van der Waals surface area contributed by atoms with Crippen molar-refractivity contribution in [2.24, 2.45) is 11.8 Å². The lowest BCUT2D eigenvalue weighted by atomic mass is 9.89. The van der Waals surface area contributed by atoms with Crippen molar-refractivity contribution in [3.05, 3.63) is 35.9 Å². The third-order valence-electron chi connectivity index (χ3n) is 6.33. The van der Waals surface area contributed by atoms with E-state index in [1.807, 2.05) is 15.9 Å². The standard InChI is InChI=1S/C22H30N2O3/c25-21(16-20(18-6-7-18)17-4-2-1-3-5-17)23-10-8-19(9-11-23)22(26)24-12-14-27-15-13-24/h1-5,18-20H,6-16H2. The van der Waals surface area contributed by atoms with E-state index in [1.165, 1.54) is 18.4 Å². The molecule has 0 N–H and O–H groups in total. The monoisotopic (exact) mass is 370 g/mol. The Morgan fingerprint density at radius 1 is 0.926 bits per heavy atom. The van der Waals surface area contributed by atoms with Crippen LogP contribution in [-0.2, 0) is 14.3 Å². The Hall–Kier alpha value is -1.88. The van der Waals surface area contributed by atoms with Crippen molar-refractivity contribution in [3.8, 4) is 0 Å². The Balaban J connectivity index is 1.30. The fourth-order valence-electron chi connectivity index (χ4n) is 4.49. The largest absolute Gasteiger partial charge is 0.378 e. The Morgan fingerprint density at radius 3 is 2.22 bits per heavy atom. The van der Waals surface area contributed by atoms with Crippen LogP contribution in [0.1, 0.15) is 43.6 Å². The minimum atomic E-state index is 0.0699. The quantitative estimate of drug-likeness (QED) is 0.801. The molecule has 2 heterocycles. The minimum Gasteiger partial charge on any atom is -0.378 e. The van der Waals surface area contributed by atoms with Gasteiger partial charge in [0, 0.05) is 38.5 Å². The minimum absolute atomic E-state index is 0.0699. The summed E-state index contributed by atoms with van der Waals surface area (Å²) < 4.78 is 5.34. The van der Waals surface area contributed by atoms with Crippen molar-refractivity contribution in [2.45, 2.75) is 38.0 Å². The molecule has 0 radical (unpaired) electrons. The summed E-state index contributed by atoms with van der Waals surface area (Å²) in [5.74, 6) is 1.60. The molecule has 27 heavy (non-hydrogen) atoms. The summed E-state index contributed by atoms with van der Waals surface area (Å²) in [5, 5.41) is 0. The van der Waals surface area contributed by atoms with Gasteiger partial charge in [0.25, 0.3) is 0 Å². The van der Waals surface area contributed by atoms with E-state index >= 15 is 0 Å². The molecule has 1 aliphatic carbocycles. The van der Waals surface area contributed by atoms with Crippen molar-refractivity contribution in [1.29, 1.82) is 0 Å². The van der Waals surface area contributed by atoms with Gasteiger partial charge in [0.1, 0.15) is 0 Å². The van der Waals surface area contributed by atoms with Crippen molar-refractivity contribution in [2.75, 3.05) is 39.4 Å². The first-order valence-corrected chi connectivity index (χ1v) is 10.4. The third kappa shape index (κ3) is 4.52. The molecule has 3 aliphatic rings. The van der Waals surface area contributed by atoms with Gasteiger partial charge in [0.2, 0.25) is 11.8 Å². The fourth-order valence-corrected chi connectivity index (χ4v) is 4.49. The molecule has 0 bridgehead atoms. The van der Waals surface area contributed by atoms with Gasteiger partial charge < -0.3 is 14.5 Å². The molecular formula is C22H30N2O3. The zero-order chi connectivity index (χ0) is 18.6. The number of rotatable bonds is 5. The molecule has 5 heteroatoms. The molecule has 1 aromatic rings. The van der Waals surface area contributed by atoms with Gasteiger partial charge in [0.15, 0.2) is 0 Å². The second-order valence-electron chi connectivity index (χ2n) is 8.15. The SMILES string of the molecule is O=C(CC(c1ccccc1)C1CC1)N1CCC(C(=O)N2CCOCC2)CC1. The van der Waals surface area contributed by atoms with Crippen molar-refractivity contribution >= 4 is 11.8 Å². The Bertz CT molecular complexity index is 645. The van der Waals surface area contributed by atoms with Gasteiger partial charge in [-0.25, -0.2) is 0 Å². The molecule has 4 rings (SSSR count). The average Bonchev–Trinajstić information content (AvgIpc) is 3.58. The van der Waals surface area contributed by atoms with Crippen molar-refractivity contribution < 1.29 is 14.3 Å². The number of hydrogen-bond donors (Lipinski definition) is 0. The van der Waals surface area contributed by atoms with Crippen LogP contribution < -0.4 is 0 Å². The number of benzene rings is 1. The van der Waals surface area contributed by atoms with E-state index in [0.717, 1.165) is 12.8 Å². The number of carbonyl (C=O) groups excluding carboxylic acids is 2. The zero-order valence-electron chi connectivity index (χ0n) is 16.0. The normalized spacial score (nSPS) is 22.5. The highest BCUT2D eigenvalue weighted by Crippen LogP contribution is 2.44. The number of nitrogens with zero attached hydrogens (tertiary/aromatic N) is 2. The van der Waals surface area contributed by atoms with Gasteiger partial charge in [-0.05, 0) is 43.1 Å². The lowest BCUT2D eigenvalue weighted by Crippen LogP contribution is -2.47. The summed E-state index contributed by atoms with van der Waals surface area (Å²) in [6.07, 6.45) is 4.67. The van der Waals surface area contributed by atoms with Crippen LogP contribution in [0.2, 0.25) is 0 Å². The van der Waals surface area contributed by atoms with Crippen molar-refractivity contribution in [1.82, 2.24) is 9.80 Å². The highest BCUT2D eigenvalue weighted by atomic mass is 16.5. The molecule has 1 atom stereocenters.